The molecule has 0 unspecified atom stereocenters. The minimum atomic E-state index is -0.619. The molecule has 0 aliphatic rings. The summed E-state index contributed by atoms with van der Waals surface area (Å²) >= 11 is 1.48. The Hall–Kier alpha value is -2.40. The number of hydrogen-bond donors (Lipinski definition) is 1. The van der Waals surface area contributed by atoms with Gasteiger partial charge in [0.25, 0.3) is 0 Å². The SMILES string of the molecule is COC(=O)C(C)(C)Sc1ccc(OCCc2c[nH]c3ccccc23)cc1. The zero-order valence-corrected chi connectivity index (χ0v) is 16.1. The molecule has 4 nitrogen and oxygen atoms in total. The Balaban J connectivity index is 1.55. The Bertz CT molecular complexity index is 884. The van der Waals surface area contributed by atoms with E-state index in [0.717, 1.165) is 22.6 Å². The average molecular weight is 369 g/mol. The second kappa shape index (κ2) is 7.87. The fourth-order valence-electron chi connectivity index (χ4n) is 2.80. The van der Waals surface area contributed by atoms with Crippen LogP contribution < -0.4 is 4.74 Å². The monoisotopic (exact) mass is 369 g/mol. The zero-order chi connectivity index (χ0) is 18.6. The highest BCUT2D eigenvalue weighted by Gasteiger charge is 2.29. The Kier molecular flexibility index (Phi) is 5.57. The Morgan fingerprint density at radius 2 is 1.85 bits per heavy atom. The molecule has 1 aromatic heterocycles. The summed E-state index contributed by atoms with van der Waals surface area (Å²) in [6.07, 6.45) is 2.89. The predicted octanol–water partition coefficient (Wildman–Crippen LogP) is 4.83. The van der Waals surface area contributed by atoms with E-state index < -0.39 is 4.75 Å². The summed E-state index contributed by atoms with van der Waals surface area (Å²) in [6, 6.07) is 16.1. The van der Waals surface area contributed by atoms with Gasteiger partial charge in [-0.05, 0) is 49.7 Å². The molecule has 1 heterocycles. The molecular formula is C21H23NO3S. The maximum atomic E-state index is 11.8. The largest absolute Gasteiger partial charge is 0.493 e. The van der Waals surface area contributed by atoms with E-state index in [1.54, 1.807) is 0 Å². The molecule has 3 rings (SSSR count). The van der Waals surface area contributed by atoms with Crippen LogP contribution in [0.25, 0.3) is 10.9 Å². The molecule has 0 saturated heterocycles. The van der Waals surface area contributed by atoms with Crippen LogP contribution in [0.3, 0.4) is 0 Å². The molecular weight excluding hydrogens is 346 g/mol. The van der Waals surface area contributed by atoms with Crippen LogP contribution in [-0.2, 0) is 16.0 Å². The third-order valence-corrected chi connectivity index (χ3v) is 5.37. The molecule has 0 amide bonds. The number of carbonyl (C=O) groups is 1. The summed E-state index contributed by atoms with van der Waals surface area (Å²) in [4.78, 5) is 16.1. The lowest BCUT2D eigenvalue weighted by molar-refractivity contribution is -0.142. The summed E-state index contributed by atoms with van der Waals surface area (Å²) in [7, 11) is 1.41. The number of ether oxygens (including phenoxy) is 2. The number of thioether (sulfide) groups is 1. The van der Waals surface area contributed by atoms with E-state index in [1.165, 1.54) is 29.8 Å². The van der Waals surface area contributed by atoms with E-state index in [4.69, 9.17) is 9.47 Å². The van der Waals surface area contributed by atoms with Crippen LogP contribution in [0.5, 0.6) is 5.75 Å². The van der Waals surface area contributed by atoms with Crippen molar-refractivity contribution >= 4 is 28.6 Å². The van der Waals surface area contributed by atoms with E-state index in [1.807, 2.05) is 56.4 Å². The Labute approximate surface area is 157 Å². The van der Waals surface area contributed by atoms with E-state index >= 15 is 0 Å². The lowest BCUT2D eigenvalue weighted by Gasteiger charge is -2.20. The number of esters is 1. The number of benzene rings is 2. The van der Waals surface area contributed by atoms with E-state index in [0.29, 0.717) is 6.61 Å². The quantitative estimate of drug-likeness (QED) is 0.479. The van der Waals surface area contributed by atoms with E-state index in [2.05, 4.69) is 17.1 Å². The number of H-pyrrole nitrogens is 1. The Morgan fingerprint density at radius 1 is 1.12 bits per heavy atom. The van der Waals surface area contributed by atoms with Crippen molar-refractivity contribution in [2.24, 2.45) is 0 Å². The predicted molar refractivity (Wildman–Crippen MR) is 106 cm³/mol. The number of aromatic amines is 1. The normalized spacial score (nSPS) is 11.5. The first-order valence-electron chi connectivity index (χ1n) is 8.55. The molecule has 0 spiro atoms. The minimum Gasteiger partial charge on any atom is -0.493 e. The standard InChI is InChI=1S/C21H23NO3S/c1-21(2,20(23)24-3)26-17-10-8-16(9-11-17)25-13-12-15-14-22-19-7-5-4-6-18(15)19/h4-11,14,22H,12-13H2,1-3H3. The van der Waals surface area contributed by atoms with Gasteiger partial charge in [0, 0.05) is 28.4 Å². The van der Waals surface area contributed by atoms with Gasteiger partial charge in [-0.1, -0.05) is 18.2 Å². The average Bonchev–Trinajstić information content (AvgIpc) is 3.05. The van der Waals surface area contributed by atoms with Crippen LogP contribution in [-0.4, -0.2) is 29.4 Å². The number of rotatable bonds is 7. The number of fused-ring (bicyclic) bond motifs is 1. The van der Waals surface area contributed by atoms with Crippen LogP contribution in [0.2, 0.25) is 0 Å². The molecule has 0 atom stereocenters. The summed E-state index contributed by atoms with van der Waals surface area (Å²) in [6.45, 7) is 4.33. The van der Waals surface area contributed by atoms with Crippen LogP contribution in [0, 0.1) is 0 Å². The fraction of sp³-hybridized carbons (Fsp3) is 0.286. The van der Waals surface area contributed by atoms with Crippen molar-refractivity contribution in [1.82, 2.24) is 4.98 Å². The molecule has 0 saturated carbocycles. The molecule has 1 N–H and O–H groups in total. The second-order valence-electron chi connectivity index (χ2n) is 6.53. The topological polar surface area (TPSA) is 51.3 Å². The summed E-state index contributed by atoms with van der Waals surface area (Å²) in [5.74, 6) is 0.589. The lowest BCUT2D eigenvalue weighted by Crippen LogP contribution is -2.28. The maximum Gasteiger partial charge on any atom is 0.321 e. The molecule has 2 aromatic carbocycles. The molecule has 26 heavy (non-hydrogen) atoms. The second-order valence-corrected chi connectivity index (χ2v) is 8.23. The highest BCUT2D eigenvalue weighted by molar-refractivity contribution is 8.01. The van der Waals surface area contributed by atoms with Crippen molar-refractivity contribution in [1.29, 1.82) is 0 Å². The van der Waals surface area contributed by atoms with Crippen LogP contribution in [0.15, 0.2) is 59.6 Å². The summed E-state index contributed by atoms with van der Waals surface area (Å²) in [5.41, 5.74) is 2.41. The Morgan fingerprint density at radius 3 is 2.58 bits per heavy atom. The van der Waals surface area contributed by atoms with Crippen LogP contribution in [0.4, 0.5) is 0 Å². The number of carbonyl (C=O) groups excluding carboxylic acids is 1. The number of hydrogen-bond acceptors (Lipinski definition) is 4. The highest BCUT2D eigenvalue weighted by atomic mass is 32.2. The highest BCUT2D eigenvalue weighted by Crippen LogP contribution is 2.34. The van der Waals surface area contributed by atoms with E-state index in [9.17, 15) is 4.79 Å². The van der Waals surface area contributed by atoms with Crippen molar-refractivity contribution in [3.05, 3.63) is 60.3 Å². The summed E-state index contributed by atoms with van der Waals surface area (Å²) < 4.78 is 10.1. The van der Waals surface area contributed by atoms with Crippen molar-refractivity contribution < 1.29 is 14.3 Å². The van der Waals surface area contributed by atoms with Gasteiger partial charge in [0.05, 0.1) is 13.7 Å². The molecule has 0 aliphatic carbocycles. The number of para-hydroxylation sites is 1. The van der Waals surface area contributed by atoms with Crippen molar-refractivity contribution in [3.63, 3.8) is 0 Å². The lowest BCUT2D eigenvalue weighted by atomic mass is 10.1. The molecule has 136 valence electrons. The van der Waals surface area contributed by atoms with Gasteiger partial charge in [0.15, 0.2) is 0 Å². The number of aromatic nitrogens is 1. The van der Waals surface area contributed by atoms with Crippen molar-refractivity contribution in [2.45, 2.75) is 29.9 Å². The molecule has 3 aromatic rings. The van der Waals surface area contributed by atoms with Crippen molar-refractivity contribution in [3.8, 4) is 5.75 Å². The van der Waals surface area contributed by atoms with Gasteiger partial charge in [0.2, 0.25) is 0 Å². The van der Waals surface area contributed by atoms with Crippen LogP contribution >= 0.6 is 11.8 Å². The van der Waals surface area contributed by atoms with Gasteiger partial charge in [-0.3, -0.25) is 4.79 Å². The van der Waals surface area contributed by atoms with Gasteiger partial charge in [-0.2, -0.15) is 0 Å². The molecule has 0 fully saturated rings. The third kappa shape index (κ3) is 4.22. The van der Waals surface area contributed by atoms with E-state index in [-0.39, 0.29) is 5.97 Å². The smallest absolute Gasteiger partial charge is 0.321 e. The summed E-state index contributed by atoms with van der Waals surface area (Å²) in [5, 5.41) is 1.24. The minimum absolute atomic E-state index is 0.235. The number of nitrogens with one attached hydrogen (secondary N) is 1. The molecule has 0 bridgehead atoms. The molecule has 0 radical (unpaired) electrons. The van der Waals surface area contributed by atoms with Crippen LogP contribution in [0.1, 0.15) is 19.4 Å². The maximum absolute atomic E-state index is 11.8. The van der Waals surface area contributed by atoms with Gasteiger partial charge in [-0.25, -0.2) is 0 Å². The van der Waals surface area contributed by atoms with Gasteiger partial charge in [-0.15, -0.1) is 11.8 Å². The van der Waals surface area contributed by atoms with Gasteiger partial charge >= 0.3 is 5.97 Å². The number of methoxy groups -OCH3 is 1. The first-order valence-corrected chi connectivity index (χ1v) is 9.36. The van der Waals surface area contributed by atoms with Crippen molar-refractivity contribution in [2.75, 3.05) is 13.7 Å². The van der Waals surface area contributed by atoms with Gasteiger partial charge in [0.1, 0.15) is 10.5 Å². The first-order chi connectivity index (χ1) is 12.5. The molecule has 0 aliphatic heterocycles. The third-order valence-electron chi connectivity index (χ3n) is 4.19. The van der Waals surface area contributed by atoms with Gasteiger partial charge < -0.3 is 14.5 Å². The zero-order valence-electron chi connectivity index (χ0n) is 15.2. The fourth-order valence-corrected chi connectivity index (χ4v) is 3.83. The first kappa shape index (κ1) is 18.4. The molecule has 5 heteroatoms.